The summed E-state index contributed by atoms with van der Waals surface area (Å²) in [5, 5.41) is 10.5. The van der Waals surface area contributed by atoms with Crippen molar-refractivity contribution in [3.8, 4) is 5.69 Å². The van der Waals surface area contributed by atoms with E-state index in [0.717, 1.165) is 17.8 Å². The number of benzene rings is 1. The quantitative estimate of drug-likeness (QED) is 0.889. The Bertz CT molecular complexity index is 653. The van der Waals surface area contributed by atoms with Crippen molar-refractivity contribution in [3.63, 3.8) is 0 Å². The molecule has 2 rings (SSSR count). The number of carbonyl (C=O) groups is 1. The molecule has 0 unspecified atom stereocenters. The Morgan fingerprint density at radius 1 is 1.36 bits per heavy atom. The van der Waals surface area contributed by atoms with E-state index >= 15 is 0 Å². The maximum atomic E-state index is 11.8. The molecule has 2 amide bonds. The summed E-state index contributed by atoms with van der Waals surface area (Å²) in [6, 6.07) is 7.15. The molecule has 2 aromatic rings. The van der Waals surface area contributed by atoms with Gasteiger partial charge >= 0.3 is 6.03 Å². The van der Waals surface area contributed by atoms with E-state index in [9.17, 15) is 4.79 Å². The summed E-state index contributed by atoms with van der Waals surface area (Å²) in [7, 11) is 3.91. The largest absolute Gasteiger partial charge is 0.337 e. The number of amides is 2. The van der Waals surface area contributed by atoms with E-state index in [1.54, 1.807) is 10.7 Å². The lowest BCUT2D eigenvalue weighted by atomic mass is 10.3. The van der Waals surface area contributed by atoms with Gasteiger partial charge in [-0.05, 0) is 33.2 Å². The Labute approximate surface area is 135 Å². The van der Waals surface area contributed by atoms with Crippen LogP contribution in [-0.2, 0) is 0 Å². The molecule has 0 bridgehead atoms. The minimum Gasteiger partial charge on any atom is -0.337 e. The number of nitrogens with one attached hydrogen (secondary N) is 2. The molecule has 0 aliphatic rings. The number of hydrogen-bond donors (Lipinski definition) is 2. The van der Waals surface area contributed by atoms with Crippen LogP contribution in [0.1, 0.15) is 5.56 Å². The highest BCUT2D eigenvalue weighted by Crippen LogP contribution is 2.22. The van der Waals surface area contributed by atoms with E-state index in [1.165, 1.54) is 0 Å². The van der Waals surface area contributed by atoms with E-state index in [0.29, 0.717) is 17.4 Å². The van der Waals surface area contributed by atoms with Crippen molar-refractivity contribution in [1.82, 2.24) is 20.0 Å². The fourth-order valence-corrected chi connectivity index (χ4v) is 2.11. The summed E-state index contributed by atoms with van der Waals surface area (Å²) in [6.07, 6.45) is 1.83. The number of nitrogens with zero attached hydrogens (tertiary/aromatic N) is 3. The van der Waals surface area contributed by atoms with Crippen molar-refractivity contribution >= 4 is 23.4 Å². The van der Waals surface area contributed by atoms with Gasteiger partial charge in [0.15, 0.2) is 5.82 Å². The smallest absolute Gasteiger partial charge is 0.320 e. The fourth-order valence-electron chi connectivity index (χ4n) is 1.89. The Hall–Kier alpha value is -2.05. The van der Waals surface area contributed by atoms with Crippen molar-refractivity contribution in [2.75, 3.05) is 32.5 Å². The average Bonchev–Trinajstić information content (AvgIpc) is 2.80. The standard InChI is InChI=1S/C15H20ClN5O/c1-11-10-21(13-7-5-4-6-12(13)16)19-14(11)18-15(22)17-8-9-20(2)3/h4-7,10H,8-9H2,1-3H3,(H2,17,18,19,22). The minimum atomic E-state index is -0.269. The molecule has 0 aliphatic heterocycles. The number of urea groups is 1. The van der Waals surface area contributed by atoms with Crippen LogP contribution in [0.3, 0.4) is 0 Å². The number of anilines is 1. The Morgan fingerprint density at radius 2 is 2.09 bits per heavy atom. The lowest BCUT2D eigenvalue weighted by Gasteiger charge is -2.10. The number of aryl methyl sites for hydroxylation is 1. The molecule has 0 atom stereocenters. The summed E-state index contributed by atoms with van der Waals surface area (Å²) in [5.41, 5.74) is 1.64. The number of hydrogen-bond acceptors (Lipinski definition) is 3. The lowest BCUT2D eigenvalue weighted by molar-refractivity contribution is 0.250. The van der Waals surface area contributed by atoms with E-state index < -0.39 is 0 Å². The molecule has 118 valence electrons. The fraction of sp³-hybridized carbons (Fsp3) is 0.333. The molecule has 22 heavy (non-hydrogen) atoms. The SMILES string of the molecule is Cc1cn(-c2ccccc2Cl)nc1NC(=O)NCCN(C)C. The summed E-state index contributed by atoms with van der Waals surface area (Å²) >= 11 is 6.16. The minimum absolute atomic E-state index is 0.269. The highest BCUT2D eigenvalue weighted by molar-refractivity contribution is 6.32. The van der Waals surface area contributed by atoms with Crippen LogP contribution in [0.2, 0.25) is 5.02 Å². The summed E-state index contributed by atoms with van der Waals surface area (Å²) in [5.74, 6) is 0.516. The van der Waals surface area contributed by atoms with Gasteiger partial charge in [-0.1, -0.05) is 23.7 Å². The van der Waals surface area contributed by atoms with Crippen molar-refractivity contribution in [2.45, 2.75) is 6.92 Å². The molecule has 1 aromatic heterocycles. The second-order valence-electron chi connectivity index (χ2n) is 5.24. The first-order chi connectivity index (χ1) is 10.5. The molecule has 0 saturated heterocycles. The molecule has 0 aliphatic carbocycles. The monoisotopic (exact) mass is 321 g/mol. The van der Waals surface area contributed by atoms with Crippen molar-refractivity contribution < 1.29 is 4.79 Å². The van der Waals surface area contributed by atoms with Gasteiger partial charge in [0.25, 0.3) is 0 Å². The molecule has 0 spiro atoms. The van der Waals surface area contributed by atoms with Gasteiger partial charge in [0, 0.05) is 24.8 Å². The average molecular weight is 322 g/mol. The van der Waals surface area contributed by atoms with Gasteiger partial charge < -0.3 is 10.2 Å². The first-order valence-electron chi connectivity index (χ1n) is 6.98. The number of rotatable bonds is 5. The van der Waals surface area contributed by atoms with E-state index in [2.05, 4.69) is 15.7 Å². The van der Waals surface area contributed by atoms with Crippen LogP contribution < -0.4 is 10.6 Å². The van der Waals surface area contributed by atoms with Crippen LogP contribution in [0.25, 0.3) is 5.69 Å². The van der Waals surface area contributed by atoms with Crippen LogP contribution >= 0.6 is 11.6 Å². The van der Waals surface area contributed by atoms with Crippen LogP contribution in [0.4, 0.5) is 10.6 Å². The first-order valence-corrected chi connectivity index (χ1v) is 7.36. The molecule has 1 aromatic carbocycles. The van der Waals surface area contributed by atoms with Crippen LogP contribution in [0.15, 0.2) is 30.5 Å². The maximum absolute atomic E-state index is 11.8. The van der Waals surface area contributed by atoms with Crippen molar-refractivity contribution in [3.05, 3.63) is 41.0 Å². The Morgan fingerprint density at radius 3 is 2.77 bits per heavy atom. The summed E-state index contributed by atoms with van der Waals surface area (Å²) in [4.78, 5) is 13.8. The Balaban J connectivity index is 2.04. The predicted octanol–water partition coefficient (Wildman–Crippen LogP) is 2.52. The highest BCUT2D eigenvalue weighted by Gasteiger charge is 2.11. The third-order valence-electron chi connectivity index (χ3n) is 3.07. The maximum Gasteiger partial charge on any atom is 0.320 e. The second-order valence-corrected chi connectivity index (χ2v) is 5.65. The van der Waals surface area contributed by atoms with Gasteiger partial charge in [-0.3, -0.25) is 5.32 Å². The number of aromatic nitrogens is 2. The zero-order chi connectivity index (χ0) is 16.1. The van der Waals surface area contributed by atoms with Crippen molar-refractivity contribution in [2.24, 2.45) is 0 Å². The van der Waals surface area contributed by atoms with Crippen LogP contribution in [0, 0.1) is 6.92 Å². The zero-order valence-electron chi connectivity index (χ0n) is 12.9. The van der Waals surface area contributed by atoms with Crippen LogP contribution in [-0.4, -0.2) is 47.9 Å². The van der Waals surface area contributed by atoms with Gasteiger partial charge in [0.2, 0.25) is 0 Å². The molecule has 0 fully saturated rings. The summed E-state index contributed by atoms with van der Waals surface area (Å²) < 4.78 is 1.66. The second kappa shape index (κ2) is 7.29. The van der Waals surface area contributed by atoms with Crippen LogP contribution in [0.5, 0.6) is 0 Å². The van der Waals surface area contributed by atoms with Gasteiger partial charge in [0.05, 0.1) is 10.7 Å². The van der Waals surface area contributed by atoms with Gasteiger partial charge in [-0.25, -0.2) is 9.48 Å². The molecular formula is C15H20ClN5O. The molecule has 2 N–H and O–H groups in total. The zero-order valence-corrected chi connectivity index (χ0v) is 13.7. The number of likely N-dealkylation sites (N-methyl/N-ethyl adjacent to an activating group) is 1. The first kappa shape index (κ1) is 16.3. The highest BCUT2D eigenvalue weighted by atomic mass is 35.5. The molecule has 7 heteroatoms. The van der Waals surface area contributed by atoms with E-state index in [-0.39, 0.29) is 6.03 Å². The van der Waals surface area contributed by atoms with E-state index in [1.807, 2.05) is 50.3 Å². The molecule has 0 saturated carbocycles. The molecule has 0 radical (unpaired) electrons. The van der Waals surface area contributed by atoms with Crippen molar-refractivity contribution in [1.29, 1.82) is 0 Å². The number of halogens is 1. The third kappa shape index (κ3) is 4.22. The lowest BCUT2D eigenvalue weighted by Crippen LogP contribution is -2.34. The molecule has 6 nitrogen and oxygen atoms in total. The van der Waals surface area contributed by atoms with Gasteiger partial charge in [-0.2, -0.15) is 0 Å². The third-order valence-corrected chi connectivity index (χ3v) is 3.39. The number of carbonyl (C=O) groups excluding carboxylic acids is 1. The summed E-state index contributed by atoms with van der Waals surface area (Å²) in [6.45, 7) is 3.24. The Kier molecular flexibility index (Phi) is 5.41. The number of para-hydroxylation sites is 1. The topological polar surface area (TPSA) is 62.2 Å². The molecule has 1 heterocycles. The van der Waals surface area contributed by atoms with Gasteiger partial charge in [-0.15, -0.1) is 5.10 Å². The normalized spacial score (nSPS) is 10.8. The predicted molar refractivity (Wildman–Crippen MR) is 88.9 cm³/mol. The molecular weight excluding hydrogens is 302 g/mol. The van der Waals surface area contributed by atoms with Gasteiger partial charge in [0.1, 0.15) is 0 Å². The van der Waals surface area contributed by atoms with E-state index in [4.69, 9.17) is 11.6 Å².